The van der Waals surface area contributed by atoms with Gasteiger partial charge in [0.05, 0.1) is 0 Å². The van der Waals surface area contributed by atoms with Crippen molar-refractivity contribution >= 4 is 36.3 Å². The largest absolute Gasteiger partial charge is 0.481 e. The molecule has 180 valence electrons. The molecule has 1 N–H and O–H groups in total. The van der Waals surface area contributed by atoms with Crippen molar-refractivity contribution in [3.63, 3.8) is 0 Å². The van der Waals surface area contributed by atoms with Crippen LogP contribution in [0.4, 0.5) is 0 Å². The lowest BCUT2D eigenvalue weighted by molar-refractivity contribution is -0.137. The second kappa shape index (κ2) is 11.8. The van der Waals surface area contributed by atoms with E-state index in [0.29, 0.717) is 18.1 Å². The Morgan fingerprint density at radius 1 is 0.882 bits per heavy atom. The molecule has 3 aromatic carbocycles. The van der Waals surface area contributed by atoms with Gasteiger partial charge in [0.2, 0.25) is 0 Å². The van der Waals surface area contributed by atoms with Crippen LogP contribution in [0.3, 0.4) is 0 Å². The smallest absolute Gasteiger partial charge is 0.303 e. The van der Waals surface area contributed by atoms with E-state index in [-0.39, 0.29) is 17.4 Å². The van der Waals surface area contributed by atoms with E-state index in [1.165, 1.54) is 15.9 Å². The first kappa shape index (κ1) is 26.2. The number of aliphatic carboxylic acids is 1. The lowest BCUT2D eigenvalue weighted by atomic mass is 9.91. The average Bonchev–Trinajstić information content (AvgIpc) is 2.81. The van der Waals surface area contributed by atoms with Gasteiger partial charge in [0.15, 0.2) is 0 Å². The maximum atomic E-state index is 11.1. The zero-order valence-corrected chi connectivity index (χ0v) is 22.1. The lowest BCUT2D eigenvalue weighted by Crippen LogP contribution is -2.66. The van der Waals surface area contributed by atoms with Gasteiger partial charge in [0.1, 0.15) is 0 Å². The molecule has 0 spiro atoms. The highest BCUT2D eigenvalue weighted by atomic mass is 35.5. The van der Waals surface area contributed by atoms with Crippen LogP contribution in [0.5, 0.6) is 0 Å². The van der Waals surface area contributed by atoms with Gasteiger partial charge in [-0.3, -0.25) is 4.79 Å². The Bertz CT molecular complexity index is 991. The topological polar surface area (TPSA) is 46.5 Å². The normalized spacial score (nSPS) is 12.9. The minimum absolute atomic E-state index is 0.0746. The molecule has 3 nitrogen and oxygen atoms in total. The van der Waals surface area contributed by atoms with Crippen molar-refractivity contribution in [2.75, 3.05) is 6.61 Å². The number of benzene rings is 3. The van der Waals surface area contributed by atoms with Gasteiger partial charge >= 0.3 is 5.97 Å². The van der Waals surface area contributed by atoms with Crippen molar-refractivity contribution in [2.45, 2.75) is 57.4 Å². The molecule has 0 fully saturated rings. The van der Waals surface area contributed by atoms with Crippen LogP contribution in [0.1, 0.15) is 57.9 Å². The maximum absolute atomic E-state index is 11.1. The number of carboxylic acids is 1. The Morgan fingerprint density at radius 3 is 1.88 bits per heavy atom. The Labute approximate surface area is 209 Å². The van der Waals surface area contributed by atoms with Crippen LogP contribution in [0, 0.1) is 0 Å². The Morgan fingerprint density at radius 2 is 1.41 bits per heavy atom. The molecule has 0 aromatic heterocycles. The standard InChI is InChI=1S/C29H35ClO3Si/c1-29(2,3)34(26-12-6-4-7-13-26,27-14-8-5-9-15-27)33-22-21-23(11-10-16-28(31)32)24-17-19-25(30)20-18-24/h4-9,12-15,17-20,23H,10-11,16,21-22H2,1-3H3,(H,31,32)/t23-/m1/s1. The zero-order valence-electron chi connectivity index (χ0n) is 20.3. The molecule has 0 heterocycles. The third-order valence-electron chi connectivity index (χ3n) is 6.49. The molecule has 0 aliphatic heterocycles. The zero-order chi connectivity index (χ0) is 24.6. The molecule has 0 radical (unpaired) electrons. The monoisotopic (exact) mass is 494 g/mol. The summed E-state index contributed by atoms with van der Waals surface area (Å²) in [5.41, 5.74) is 1.18. The molecule has 0 bridgehead atoms. The van der Waals surface area contributed by atoms with E-state index in [2.05, 4.69) is 93.6 Å². The molecular weight excluding hydrogens is 460 g/mol. The highest BCUT2D eigenvalue weighted by Crippen LogP contribution is 2.37. The van der Waals surface area contributed by atoms with E-state index >= 15 is 0 Å². The molecule has 0 saturated carbocycles. The van der Waals surface area contributed by atoms with E-state index in [0.717, 1.165) is 12.8 Å². The molecule has 3 rings (SSSR count). The molecule has 0 aliphatic carbocycles. The molecule has 0 unspecified atom stereocenters. The molecule has 1 atom stereocenters. The maximum Gasteiger partial charge on any atom is 0.303 e. The van der Waals surface area contributed by atoms with E-state index in [1.807, 2.05) is 12.1 Å². The summed E-state index contributed by atoms with van der Waals surface area (Å²) in [6.07, 6.45) is 2.45. The summed E-state index contributed by atoms with van der Waals surface area (Å²) in [5.74, 6) is -0.534. The van der Waals surface area contributed by atoms with E-state index in [1.54, 1.807) is 0 Å². The van der Waals surface area contributed by atoms with Crippen LogP contribution in [0.25, 0.3) is 0 Å². The first-order valence-electron chi connectivity index (χ1n) is 12.0. The summed E-state index contributed by atoms with van der Waals surface area (Å²) in [4.78, 5) is 11.1. The van der Waals surface area contributed by atoms with Crippen LogP contribution in [0.2, 0.25) is 10.1 Å². The van der Waals surface area contributed by atoms with Crippen molar-refractivity contribution in [2.24, 2.45) is 0 Å². The van der Waals surface area contributed by atoms with Crippen molar-refractivity contribution in [3.05, 3.63) is 95.5 Å². The molecule has 0 aliphatic rings. The second-order valence-corrected chi connectivity index (χ2v) is 14.6. The Kier molecular flexibility index (Phi) is 9.12. The summed E-state index contributed by atoms with van der Waals surface area (Å²) >= 11 is 6.12. The van der Waals surface area contributed by atoms with Crippen molar-refractivity contribution < 1.29 is 14.3 Å². The van der Waals surface area contributed by atoms with Gasteiger partial charge in [-0.1, -0.05) is 105 Å². The summed E-state index contributed by atoms with van der Waals surface area (Å²) in [6, 6.07) is 29.2. The minimum Gasteiger partial charge on any atom is -0.481 e. The highest BCUT2D eigenvalue weighted by molar-refractivity contribution is 6.99. The third kappa shape index (κ3) is 6.38. The van der Waals surface area contributed by atoms with Crippen molar-refractivity contribution in [1.29, 1.82) is 0 Å². The number of rotatable bonds is 11. The summed E-state index contributed by atoms with van der Waals surface area (Å²) in [6.45, 7) is 7.45. The average molecular weight is 495 g/mol. The predicted octanol–water partition coefficient (Wildman–Crippen LogP) is 6.65. The van der Waals surface area contributed by atoms with Crippen LogP contribution >= 0.6 is 11.6 Å². The molecule has 5 heteroatoms. The van der Waals surface area contributed by atoms with E-state index in [9.17, 15) is 4.79 Å². The predicted molar refractivity (Wildman–Crippen MR) is 144 cm³/mol. The lowest BCUT2D eigenvalue weighted by Gasteiger charge is -2.43. The molecular formula is C29H35ClO3Si. The van der Waals surface area contributed by atoms with Gasteiger partial charge in [-0.15, -0.1) is 0 Å². The fourth-order valence-corrected chi connectivity index (χ4v) is 9.53. The minimum atomic E-state index is -2.59. The fourth-order valence-electron chi connectivity index (χ4n) is 4.83. The summed E-state index contributed by atoms with van der Waals surface area (Å²) in [5, 5.41) is 12.3. The quantitative estimate of drug-likeness (QED) is 0.304. The first-order chi connectivity index (χ1) is 16.2. The van der Waals surface area contributed by atoms with Crippen molar-refractivity contribution in [1.82, 2.24) is 0 Å². The SMILES string of the molecule is CC(C)(C)[Si](OCC[C@@H](CCCC(=O)O)c1ccc(Cl)cc1)(c1ccccc1)c1ccccc1. The van der Waals surface area contributed by atoms with E-state index < -0.39 is 14.3 Å². The van der Waals surface area contributed by atoms with Gasteiger partial charge in [0.25, 0.3) is 8.32 Å². The van der Waals surface area contributed by atoms with Crippen LogP contribution in [-0.4, -0.2) is 26.0 Å². The molecule has 3 aromatic rings. The van der Waals surface area contributed by atoms with Crippen molar-refractivity contribution in [3.8, 4) is 0 Å². The third-order valence-corrected chi connectivity index (χ3v) is 11.8. The second-order valence-electron chi connectivity index (χ2n) is 9.83. The van der Waals surface area contributed by atoms with Crippen LogP contribution in [0.15, 0.2) is 84.9 Å². The van der Waals surface area contributed by atoms with Gasteiger partial charge in [0, 0.05) is 18.1 Å². The van der Waals surface area contributed by atoms with E-state index in [4.69, 9.17) is 21.1 Å². The van der Waals surface area contributed by atoms with Gasteiger partial charge < -0.3 is 9.53 Å². The number of hydrogen-bond acceptors (Lipinski definition) is 2. The molecule has 34 heavy (non-hydrogen) atoms. The van der Waals surface area contributed by atoms with Gasteiger partial charge in [-0.2, -0.15) is 0 Å². The van der Waals surface area contributed by atoms with Crippen LogP contribution < -0.4 is 10.4 Å². The number of halogens is 1. The number of carboxylic acid groups (broad SMARTS) is 1. The molecule has 0 amide bonds. The van der Waals surface area contributed by atoms with Gasteiger partial charge in [-0.05, 0) is 58.3 Å². The Balaban J connectivity index is 1.89. The number of carbonyl (C=O) groups is 1. The Hall–Kier alpha value is -2.40. The van der Waals surface area contributed by atoms with Crippen LogP contribution in [-0.2, 0) is 9.22 Å². The molecule has 0 saturated heterocycles. The highest BCUT2D eigenvalue weighted by Gasteiger charge is 2.50. The van der Waals surface area contributed by atoms with Gasteiger partial charge in [-0.25, -0.2) is 0 Å². The summed E-state index contributed by atoms with van der Waals surface area (Å²) < 4.78 is 7.07. The number of hydrogen-bond donors (Lipinski definition) is 1. The first-order valence-corrected chi connectivity index (χ1v) is 14.2. The fraction of sp³-hybridized carbons (Fsp3) is 0.345. The summed E-state index contributed by atoms with van der Waals surface area (Å²) in [7, 11) is -2.59.